The molecule has 4 aromatic rings. The van der Waals surface area contributed by atoms with Crippen LogP contribution < -0.4 is 5.32 Å². The van der Waals surface area contributed by atoms with Crippen molar-refractivity contribution in [3.8, 4) is 0 Å². The Morgan fingerprint density at radius 3 is 2.70 bits per heavy atom. The van der Waals surface area contributed by atoms with E-state index in [2.05, 4.69) is 32.3 Å². The molecule has 0 aliphatic carbocycles. The molecule has 2 amide bonds. The molecule has 8 nitrogen and oxygen atoms in total. The van der Waals surface area contributed by atoms with Gasteiger partial charge in [0, 0.05) is 72.1 Å². The maximum absolute atomic E-state index is 12.7. The molecular weight excluding hydrogens is 436 g/mol. The molecule has 1 aliphatic rings. The number of aromatic nitrogens is 4. The largest absolute Gasteiger partial charge is 0.352 e. The number of carbonyl (C=O) groups is 2. The fourth-order valence-electron chi connectivity index (χ4n) is 4.29. The summed E-state index contributed by atoms with van der Waals surface area (Å²) in [4.78, 5) is 27.0. The van der Waals surface area contributed by atoms with Crippen LogP contribution in [0.4, 0.5) is 0 Å². The molecule has 1 fully saturated rings. The molecule has 170 valence electrons. The summed E-state index contributed by atoms with van der Waals surface area (Å²) in [7, 11) is 2.04. The second-order valence-corrected chi connectivity index (χ2v) is 9.41. The Morgan fingerprint density at radius 1 is 1.06 bits per heavy atom. The van der Waals surface area contributed by atoms with Gasteiger partial charge in [0.25, 0.3) is 11.8 Å². The van der Waals surface area contributed by atoms with E-state index in [4.69, 9.17) is 0 Å². The molecule has 1 saturated heterocycles. The van der Waals surface area contributed by atoms with Gasteiger partial charge < -0.3 is 14.8 Å². The lowest BCUT2D eigenvalue weighted by Gasteiger charge is -2.25. The van der Waals surface area contributed by atoms with Gasteiger partial charge in [0.1, 0.15) is 0 Å². The van der Waals surface area contributed by atoms with E-state index < -0.39 is 0 Å². The predicted molar refractivity (Wildman–Crippen MR) is 131 cm³/mol. The Balaban J connectivity index is 1.17. The molecule has 0 saturated carbocycles. The van der Waals surface area contributed by atoms with Crippen LogP contribution >= 0.6 is 11.8 Å². The summed E-state index contributed by atoms with van der Waals surface area (Å²) in [5, 5.41) is 13.3. The van der Waals surface area contributed by atoms with Crippen molar-refractivity contribution in [3.63, 3.8) is 0 Å². The maximum atomic E-state index is 12.7. The number of thioether (sulfide) groups is 1. The van der Waals surface area contributed by atoms with Crippen molar-refractivity contribution >= 4 is 45.4 Å². The van der Waals surface area contributed by atoms with E-state index in [0.717, 1.165) is 46.4 Å². The number of hydrogen-bond acceptors (Lipinski definition) is 5. The van der Waals surface area contributed by atoms with Crippen molar-refractivity contribution in [2.24, 2.45) is 7.05 Å². The molecule has 3 heterocycles. The van der Waals surface area contributed by atoms with Crippen LogP contribution in [-0.2, 0) is 13.6 Å². The van der Waals surface area contributed by atoms with Gasteiger partial charge in [0.2, 0.25) is 0 Å². The van der Waals surface area contributed by atoms with E-state index in [0.29, 0.717) is 30.8 Å². The third kappa shape index (κ3) is 4.32. The zero-order valence-electron chi connectivity index (χ0n) is 18.5. The number of hydrogen-bond donors (Lipinski definition) is 1. The lowest BCUT2D eigenvalue weighted by molar-refractivity contribution is 0.0766. The summed E-state index contributed by atoms with van der Waals surface area (Å²) in [5.74, 6) is 1.78. The highest BCUT2D eigenvalue weighted by Gasteiger charge is 2.21. The number of fused-ring (bicyclic) bond motifs is 3. The number of rotatable bonds is 6. The van der Waals surface area contributed by atoms with E-state index in [-0.39, 0.29) is 11.8 Å². The molecule has 1 N–H and O–H groups in total. The first-order valence-corrected chi connectivity index (χ1v) is 12.3. The minimum atomic E-state index is -0.0951. The lowest BCUT2D eigenvalue weighted by atomic mass is 10.1. The van der Waals surface area contributed by atoms with E-state index in [1.807, 2.05) is 54.0 Å². The van der Waals surface area contributed by atoms with Crippen LogP contribution in [-0.4, -0.2) is 67.4 Å². The smallest absolute Gasteiger partial charge is 0.276 e. The summed E-state index contributed by atoms with van der Waals surface area (Å²) in [6.45, 7) is 2.61. The summed E-state index contributed by atoms with van der Waals surface area (Å²) in [6, 6.07) is 14.0. The summed E-state index contributed by atoms with van der Waals surface area (Å²) in [6.07, 6.45) is 2.39. The van der Waals surface area contributed by atoms with Gasteiger partial charge in [-0.25, -0.2) is 0 Å². The van der Waals surface area contributed by atoms with Crippen LogP contribution in [0.3, 0.4) is 0 Å². The second-order valence-electron chi connectivity index (χ2n) is 8.19. The molecule has 5 rings (SSSR count). The molecule has 2 aromatic heterocycles. The summed E-state index contributed by atoms with van der Waals surface area (Å²) >= 11 is 1.86. The van der Waals surface area contributed by atoms with Crippen LogP contribution in [0.5, 0.6) is 0 Å². The van der Waals surface area contributed by atoms with Gasteiger partial charge >= 0.3 is 0 Å². The van der Waals surface area contributed by atoms with Gasteiger partial charge in [0.05, 0.1) is 6.20 Å². The Morgan fingerprint density at radius 2 is 1.85 bits per heavy atom. The minimum Gasteiger partial charge on any atom is -0.352 e. The van der Waals surface area contributed by atoms with Crippen molar-refractivity contribution in [1.82, 2.24) is 29.8 Å². The molecule has 0 atom stereocenters. The highest BCUT2D eigenvalue weighted by molar-refractivity contribution is 7.99. The molecule has 2 aromatic carbocycles. The average Bonchev–Trinajstić information content (AvgIpc) is 3.45. The lowest BCUT2D eigenvalue weighted by Crippen LogP contribution is -2.38. The first-order valence-electron chi connectivity index (χ1n) is 11.1. The van der Waals surface area contributed by atoms with Crippen molar-refractivity contribution in [2.45, 2.75) is 13.0 Å². The van der Waals surface area contributed by atoms with E-state index in [1.54, 1.807) is 10.9 Å². The minimum absolute atomic E-state index is 0.0568. The molecule has 0 spiro atoms. The number of amides is 2. The van der Waals surface area contributed by atoms with Crippen LogP contribution in [0.2, 0.25) is 0 Å². The zero-order valence-corrected chi connectivity index (χ0v) is 19.3. The molecule has 0 radical (unpaired) electrons. The second kappa shape index (κ2) is 9.27. The van der Waals surface area contributed by atoms with Gasteiger partial charge in [0.15, 0.2) is 5.69 Å². The Labute approximate surface area is 195 Å². The first kappa shape index (κ1) is 21.5. The number of para-hydroxylation sites is 1. The first-order chi connectivity index (χ1) is 16.1. The molecule has 0 bridgehead atoms. The molecule has 9 heteroatoms. The van der Waals surface area contributed by atoms with Gasteiger partial charge in [-0.05, 0) is 30.7 Å². The van der Waals surface area contributed by atoms with Crippen LogP contribution in [0.25, 0.3) is 21.8 Å². The van der Waals surface area contributed by atoms with E-state index in [1.165, 1.54) is 0 Å². The van der Waals surface area contributed by atoms with Crippen molar-refractivity contribution in [3.05, 3.63) is 59.9 Å². The number of aryl methyl sites for hydroxylation is 2. The van der Waals surface area contributed by atoms with E-state index in [9.17, 15) is 9.59 Å². The van der Waals surface area contributed by atoms with Gasteiger partial charge in [-0.2, -0.15) is 11.8 Å². The fraction of sp³-hybridized carbons (Fsp3) is 0.333. The third-order valence-electron chi connectivity index (χ3n) is 6.08. The Hall–Kier alpha value is -3.33. The van der Waals surface area contributed by atoms with Gasteiger partial charge in [-0.3, -0.25) is 14.3 Å². The van der Waals surface area contributed by atoms with Gasteiger partial charge in [-0.1, -0.05) is 23.4 Å². The maximum Gasteiger partial charge on any atom is 0.276 e. The molecule has 0 unspecified atom stereocenters. The summed E-state index contributed by atoms with van der Waals surface area (Å²) in [5.41, 5.74) is 3.28. The zero-order chi connectivity index (χ0) is 22.8. The average molecular weight is 463 g/mol. The topological polar surface area (TPSA) is 85.0 Å². The Kier molecular flexibility index (Phi) is 6.04. The predicted octanol–water partition coefficient (Wildman–Crippen LogP) is 2.93. The molecule has 1 aliphatic heterocycles. The fourth-order valence-corrected chi connectivity index (χ4v) is 5.19. The summed E-state index contributed by atoms with van der Waals surface area (Å²) < 4.78 is 3.81. The molecular formula is C24H26N6O2S. The van der Waals surface area contributed by atoms with E-state index >= 15 is 0 Å². The van der Waals surface area contributed by atoms with Crippen LogP contribution in [0.15, 0.2) is 48.7 Å². The highest BCUT2D eigenvalue weighted by atomic mass is 32.2. The number of nitrogens with zero attached hydrogens (tertiary/aromatic N) is 5. The number of carbonyl (C=O) groups excluding carboxylic acids is 2. The SMILES string of the molecule is Cn1c2ccccc2c2cc(C(=O)NCCCn3cc(C(=O)N4CCSCC4)nn3)ccc21. The molecule has 33 heavy (non-hydrogen) atoms. The standard InChI is InChI=1S/C24H26N6O2S/c1-28-21-6-3-2-5-18(21)19-15-17(7-8-22(19)28)23(31)25-9-4-10-30-16-20(26-27-30)24(32)29-11-13-33-14-12-29/h2-3,5-8,15-16H,4,9-14H2,1H3,(H,25,31). The quantitative estimate of drug-likeness (QED) is 0.446. The van der Waals surface area contributed by atoms with Crippen LogP contribution in [0, 0.1) is 0 Å². The van der Waals surface area contributed by atoms with Gasteiger partial charge in [-0.15, -0.1) is 5.10 Å². The van der Waals surface area contributed by atoms with Crippen molar-refractivity contribution in [2.75, 3.05) is 31.1 Å². The number of benzene rings is 2. The third-order valence-corrected chi connectivity index (χ3v) is 7.02. The normalized spacial score (nSPS) is 14.2. The van der Waals surface area contributed by atoms with Crippen molar-refractivity contribution in [1.29, 1.82) is 0 Å². The van der Waals surface area contributed by atoms with Crippen molar-refractivity contribution < 1.29 is 9.59 Å². The van der Waals surface area contributed by atoms with Crippen LogP contribution in [0.1, 0.15) is 27.3 Å². The Bertz CT molecular complexity index is 1320. The number of nitrogens with one attached hydrogen (secondary N) is 1. The monoisotopic (exact) mass is 462 g/mol. The highest BCUT2D eigenvalue weighted by Crippen LogP contribution is 2.28.